The van der Waals surface area contributed by atoms with Gasteiger partial charge in [0.25, 0.3) is 11.8 Å². The summed E-state index contributed by atoms with van der Waals surface area (Å²) < 4.78 is 0. The number of fused-ring (bicyclic) bond motifs is 1. The lowest BCUT2D eigenvalue weighted by atomic mass is 9.77. The van der Waals surface area contributed by atoms with Crippen molar-refractivity contribution >= 4 is 69.4 Å². The molecule has 0 saturated carbocycles. The van der Waals surface area contributed by atoms with E-state index in [1.165, 1.54) is 34.8 Å². The van der Waals surface area contributed by atoms with Crippen LogP contribution in [0.25, 0.3) is 10.8 Å². The summed E-state index contributed by atoms with van der Waals surface area (Å²) in [6.45, 7) is 6.80. The van der Waals surface area contributed by atoms with Crippen LogP contribution in [-0.2, 0) is 56.2 Å². The Morgan fingerprint density at radius 3 is 1.11 bits per heavy atom. The van der Waals surface area contributed by atoms with E-state index >= 15 is 0 Å². The van der Waals surface area contributed by atoms with E-state index in [4.69, 9.17) is 0 Å². The fourth-order valence-corrected chi connectivity index (χ4v) is 12.9. The van der Waals surface area contributed by atoms with Crippen LogP contribution in [0, 0.1) is 13.8 Å². The Morgan fingerprint density at radius 2 is 0.708 bits per heavy atom. The van der Waals surface area contributed by atoms with Crippen LogP contribution in [0.1, 0.15) is 93.7 Å². The van der Waals surface area contributed by atoms with Crippen molar-refractivity contribution < 1.29 is 28.8 Å². The number of hydrazine groups is 5. The minimum Gasteiger partial charge on any atom is -0.326 e. The molecule has 1 aromatic heterocycles. The van der Waals surface area contributed by atoms with Gasteiger partial charge in [-0.15, -0.1) is 11.3 Å². The standard InChI is InChI=1S/C26H22N2O.C24H20N2OS.C20H20N2O.C16H18N2O.C9H11N3O2/c29-25(21-13-5-1-6-14-21)27-28-26(22-15-7-2-8-16-22,23-17-9-3-10-18-23)24-19-11-4-12-20-24;27-23(22-17-10-18-28-22)25-26-24(19-11-4-1-5-12-19,20-13-6-2-7-14-20)21-15-8-3-9-16-21;1-15-6-8-16(9-7-15)14-21-22-20(23)13-17-10-11-18-4-2-3-5-19(18)12-17;1-13-7-9-15(10-8-13)12-17-18-16(19)11-14-5-3-2-4-6-14;1-7(14)11-8-2-4-9(5-3-8)12-10-6-13/h1-20,28H,(H,27,29);1-18,26H,(H,25,27);2-12,21H,13-14H2,1H3,(H,22,23);2-10,17H,11-12H2,1H3,(H,18,19);2-6,12H,1H3,(H,10,13)(H,11,14). The largest absolute Gasteiger partial charge is 0.326 e. The molecular weight excluding hydrogens is 1420 g/mol. The Balaban J connectivity index is 0.000000153. The zero-order valence-electron chi connectivity index (χ0n) is 63.1. The van der Waals surface area contributed by atoms with Crippen molar-refractivity contribution in [2.24, 2.45) is 0 Å². The van der Waals surface area contributed by atoms with Gasteiger partial charge in [0.05, 0.1) is 23.4 Å². The first kappa shape index (κ1) is 81.8. The highest BCUT2D eigenvalue weighted by atomic mass is 32.1. The van der Waals surface area contributed by atoms with Gasteiger partial charge in [-0.3, -0.25) is 61.3 Å². The van der Waals surface area contributed by atoms with Gasteiger partial charge >= 0.3 is 0 Å². The number of aryl methyl sites for hydroxylation is 2. The molecule has 13 aromatic carbocycles. The van der Waals surface area contributed by atoms with Crippen molar-refractivity contribution in [3.8, 4) is 0 Å². The van der Waals surface area contributed by atoms with E-state index in [1.807, 2.05) is 206 Å². The first-order chi connectivity index (χ1) is 55.3. The van der Waals surface area contributed by atoms with Gasteiger partial charge in [0.15, 0.2) is 0 Å². The summed E-state index contributed by atoms with van der Waals surface area (Å²) >= 11 is 1.42. The van der Waals surface area contributed by atoms with Gasteiger partial charge < -0.3 is 5.32 Å². The van der Waals surface area contributed by atoms with E-state index in [1.54, 1.807) is 36.4 Å². The van der Waals surface area contributed by atoms with Gasteiger partial charge in [0.1, 0.15) is 11.1 Å². The second-order valence-electron chi connectivity index (χ2n) is 26.1. The lowest BCUT2D eigenvalue weighted by Gasteiger charge is -2.37. The molecule has 0 saturated heterocycles. The van der Waals surface area contributed by atoms with Crippen molar-refractivity contribution in [3.05, 3.63) is 453 Å². The Morgan fingerprint density at radius 1 is 0.345 bits per heavy atom. The molecule has 0 spiro atoms. The highest BCUT2D eigenvalue weighted by Gasteiger charge is 2.38. The fourth-order valence-electron chi connectivity index (χ4n) is 12.3. The molecule has 0 aliphatic heterocycles. The van der Waals surface area contributed by atoms with Gasteiger partial charge in [-0.05, 0) is 128 Å². The smallest absolute Gasteiger partial charge is 0.275 e. The molecule has 14 aromatic rings. The van der Waals surface area contributed by atoms with Crippen molar-refractivity contribution in [1.29, 1.82) is 0 Å². The van der Waals surface area contributed by atoms with Crippen molar-refractivity contribution in [3.63, 3.8) is 0 Å². The van der Waals surface area contributed by atoms with E-state index in [0.29, 0.717) is 48.5 Å². The monoisotopic (exact) mass is 1510 g/mol. The normalized spacial score (nSPS) is 10.6. The summed E-state index contributed by atoms with van der Waals surface area (Å²) in [5.74, 6) is -0.512. The second kappa shape index (κ2) is 43.5. The van der Waals surface area contributed by atoms with Crippen LogP contribution in [0.4, 0.5) is 11.4 Å². The van der Waals surface area contributed by atoms with E-state index in [0.717, 1.165) is 66.7 Å². The highest BCUT2D eigenvalue weighted by Crippen LogP contribution is 2.38. The minimum absolute atomic E-state index is 0.0293. The maximum atomic E-state index is 12.8. The zero-order chi connectivity index (χ0) is 79.1. The van der Waals surface area contributed by atoms with Crippen molar-refractivity contribution in [2.75, 3.05) is 10.7 Å². The molecule has 14 rings (SSSR count). The van der Waals surface area contributed by atoms with E-state index in [9.17, 15) is 28.8 Å². The third-order valence-electron chi connectivity index (χ3n) is 17.9. The molecular formula is C95H91N11O6S. The second-order valence-corrected chi connectivity index (χ2v) is 27.1. The first-order valence-electron chi connectivity index (χ1n) is 36.8. The maximum Gasteiger partial charge on any atom is 0.275 e. The number of rotatable bonds is 26. The summed E-state index contributed by atoms with van der Waals surface area (Å²) in [6.07, 6.45) is 1.30. The molecule has 0 aliphatic rings. The van der Waals surface area contributed by atoms with Crippen LogP contribution in [-0.4, -0.2) is 35.9 Å². The molecule has 113 heavy (non-hydrogen) atoms. The summed E-state index contributed by atoms with van der Waals surface area (Å²) in [5, 5.41) is 6.87. The van der Waals surface area contributed by atoms with Crippen molar-refractivity contribution in [1.82, 2.24) is 48.8 Å². The van der Waals surface area contributed by atoms with Crippen molar-refractivity contribution in [2.45, 2.75) is 57.8 Å². The lowest BCUT2D eigenvalue weighted by molar-refractivity contribution is -0.122. The number of benzene rings is 13. The molecule has 11 N–H and O–H groups in total. The predicted molar refractivity (Wildman–Crippen MR) is 454 cm³/mol. The Bertz CT molecular complexity index is 5010. The first-order valence-corrected chi connectivity index (χ1v) is 37.7. The fraction of sp³-hybridized carbons (Fsp3) is 0.0947. The summed E-state index contributed by atoms with van der Waals surface area (Å²) in [5.41, 5.74) is 42.6. The molecule has 17 nitrogen and oxygen atoms in total. The molecule has 0 fully saturated rings. The number of carbonyl (C=O) groups excluding carboxylic acids is 6. The van der Waals surface area contributed by atoms with Gasteiger partial charge in [-0.25, -0.2) is 21.7 Å². The average Bonchev–Trinajstić information content (AvgIpc) is 0.911. The number of hydrogen-bond donors (Lipinski definition) is 11. The Hall–Kier alpha value is -13.7. The maximum absolute atomic E-state index is 12.8. The van der Waals surface area contributed by atoms with Gasteiger partial charge in [-0.2, -0.15) is 0 Å². The molecule has 1 heterocycles. The third-order valence-corrected chi connectivity index (χ3v) is 18.8. The average molecular weight is 1510 g/mol. The lowest BCUT2D eigenvalue weighted by Crippen LogP contribution is -2.53. The molecule has 568 valence electrons. The minimum atomic E-state index is -0.742. The number of carbonyl (C=O) groups is 6. The van der Waals surface area contributed by atoms with Crippen LogP contribution >= 0.6 is 11.3 Å². The van der Waals surface area contributed by atoms with Gasteiger partial charge in [0, 0.05) is 31.3 Å². The number of hydrogen-bond acceptors (Lipinski definition) is 12. The zero-order valence-corrected chi connectivity index (χ0v) is 63.9. The molecule has 0 atom stereocenters. The summed E-state index contributed by atoms with van der Waals surface area (Å²) in [4.78, 5) is 70.5. The molecule has 0 unspecified atom stereocenters. The van der Waals surface area contributed by atoms with Crippen LogP contribution < -0.4 is 59.6 Å². The molecule has 0 aliphatic carbocycles. The highest BCUT2D eigenvalue weighted by molar-refractivity contribution is 7.12. The van der Waals surface area contributed by atoms with Gasteiger partial charge in [0.2, 0.25) is 24.1 Å². The number of nitrogens with one attached hydrogen (secondary N) is 11. The number of anilines is 2. The van der Waals surface area contributed by atoms with Gasteiger partial charge in [-0.1, -0.05) is 339 Å². The topological polar surface area (TPSA) is 235 Å². The SMILES string of the molecule is CC(=O)Nc1ccc(NNC=O)cc1.Cc1ccc(CNNC(=O)Cc2ccc3ccccc3c2)cc1.Cc1ccc(CNNC(=O)Cc2ccccc2)cc1.O=C(NNC(c1ccccc1)(c1ccccc1)c1ccccc1)c1ccccc1.O=C(NNC(c1ccccc1)(c1ccccc1)c1ccccc1)c1cccs1. The van der Waals surface area contributed by atoms with E-state index in [2.05, 4.69) is 207 Å². The van der Waals surface area contributed by atoms with Crippen LogP contribution in [0.2, 0.25) is 0 Å². The summed E-state index contributed by atoms with van der Waals surface area (Å²) in [6, 6.07) is 121. The molecule has 0 radical (unpaired) electrons. The van der Waals surface area contributed by atoms with Crippen LogP contribution in [0.3, 0.4) is 0 Å². The van der Waals surface area contributed by atoms with Crippen LogP contribution in [0.15, 0.2) is 375 Å². The van der Waals surface area contributed by atoms with E-state index < -0.39 is 11.1 Å². The molecule has 18 heteroatoms. The number of thiophene rings is 1. The Labute approximate surface area is 664 Å². The molecule has 0 bridgehead atoms. The third kappa shape index (κ3) is 24.9. The Kier molecular flexibility index (Phi) is 31.5. The summed E-state index contributed by atoms with van der Waals surface area (Å²) in [7, 11) is 0. The van der Waals surface area contributed by atoms with E-state index in [-0.39, 0.29) is 29.5 Å². The predicted octanol–water partition coefficient (Wildman–Crippen LogP) is 16.5. The van der Waals surface area contributed by atoms with Crippen LogP contribution in [0.5, 0.6) is 0 Å². The molecule has 6 amide bonds. The number of amides is 6. The quantitative estimate of drug-likeness (QED) is 0.0139.